The number of rotatable bonds is 0. The molecule has 0 radical (unpaired) electrons. The summed E-state index contributed by atoms with van der Waals surface area (Å²) in [4.78, 5) is 12.3. The molecule has 0 spiro atoms. The highest BCUT2D eigenvalue weighted by atomic mass is 16.1. The van der Waals surface area contributed by atoms with Gasteiger partial charge in [0.25, 0.3) is 0 Å². The van der Waals surface area contributed by atoms with Crippen LogP contribution in [0.2, 0.25) is 25.3 Å². The van der Waals surface area contributed by atoms with Crippen LogP contribution >= 0.6 is 0 Å². The van der Waals surface area contributed by atoms with Crippen LogP contribution in [0.3, 0.4) is 0 Å². The maximum Gasteiger partial charge on any atom is 0.210 e. The summed E-state index contributed by atoms with van der Waals surface area (Å²) < 4.78 is 0. The number of carbonyl (C=O) groups is 1. The van der Waals surface area contributed by atoms with Gasteiger partial charge in [-0.15, -0.1) is 0 Å². The fourth-order valence-corrected chi connectivity index (χ4v) is 3.28. The van der Waals surface area contributed by atoms with Gasteiger partial charge in [-0.1, -0.05) is 59.9 Å². The summed E-state index contributed by atoms with van der Waals surface area (Å²) in [5.41, 5.74) is 0.477. The van der Waals surface area contributed by atoms with Crippen molar-refractivity contribution >= 4 is 19.0 Å². The molecule has 0 amide bonds. The molecule has 1 aliphatic heterocycles. The molecule has 0 aromatic carbocycles. The Morgan fingerprint density at radius 3 is 1.38 bits per heavy atom. The van der Waals surface area contributed by atoms with E-state index in [0.717, 1.165) is 0 Å². The average Bonchev–Trinajstić information content (AvgIpc) is 2.30. The van der Waals surface area contributed by atoms with Crippen molar-refractivity contribution in [1.29, 1.82) is 0 Å². The van der Waals surface area contributed by atoms with E-state index >= 15 is 0 Å². The number of hydrogen-bond donors (Lipinski definition) is 0. The summed E-state index contributed by atoms with van der Waals surface area (Å²) in [5.74, 6) is 3.02. The zero-order valence-electron chi connectivity index (χ0n) is 11.9. The smallest absolute Gasteiger partial charge is 0.210 e. The van der Waals surface area contributed by atoms with Gasteiger partial charge < -0.3 is 4.79 Å². The van der Waals surface area contributed by atoms with Gasteiger partial charge in [0.1, 0.15) is 0 Å². The number of hydrogen-bond acceptors (Lipinski definition) is 1. The zero-order chi connectivity index (χ0) is 12.6. The fraction of sp³-hybridized carbons (Fsp3) is 0.923. The van der Waals surface area contributed by atoms with Crippen LogP contribution in [-0.4, -0.2) is 19.0 Å². The van der Waals surface area contributed by atoms with Crippen LogP contribution < -0.4 is 0 Å². The molecule has 0 bridgehead atoms. The molecule has 0 aromatic heterocycles. The van der Waals surface area contributed by atoms with Crippen LogP contribution in [0.1, 0.15) is 34.6 Å². The van der Waals surface area contributed by atoms with E-state index in [1.54, 1.807) is 0 Å². The van der Waals surface area contributed by atoms with Crippen molar-refractivity contribution in [3.8, 4) is 0 Å². The Bertz CT molecular complexity index is 243. The normalized spacial score (nSPS) is 41.9. The van der Waals surface area contributed by atoms with Crippen molar-refractivity contribution in [2.24, 2.45) is 17.8 Å². The number of carbonyl (C=O) groups excluding carboxylic acids is 1. The van der Waals surface area contributed by atoms with Gasteiger partial charge in [0.15, 0.2) is 0 Å². The second-order valence-corrected chi connectivity index (χ2v) is 6.28. The summed E-state index contributed by atoms with van der Waals surface area (Å²) >= 11 is 0. The predicted octanol–water partition coefficient (Wildman–Crippen LogP) is 4.22. The first-order valence-corrected chi connectivity index (χ1v) is 6.82. The Labute approximate surface area is 102 Å². The van der Waals surface area contributed by atoms with Gasteiger partial charge in [0.2, 0.25) is 13.4 Å². The third-order valence-corrected chi connectivity index (χ3v) is 5.79. The Kier molecular flexibility index (Phi) is 4.31. The first-order chi connectivity index (χ1) is 7.29. The minimum Gasteiger partial charge on any atom is -0.322 e. The van der Waals surface area contributed by atoms with E-state index in [2.05, 4.69) is 48.3 Å². The lowest BCUT2D eigenvalue weighted by Crippen LogP contribution is -2.46. The lowest BCUT2D eigenvalue weighted by Gasteiger charge is -2.40. The molecule has 1 rings (SSSR count). The molecule has 3 heteroatoms. The molecule has 90 valence electrons. The molecule has 1 nitrogen and oxygen atoms in total. The van der Waals surface area contributed by atoms with Gasteiger partial charge in [0, 0.05) is 0 Å². The third kappa shape index (κ3) is 2.24. The van der Waals surface area contributed by atoms with Crippen LogP contribution in [0.5, 0.6) is 0 Å². The SMILES string of the molecule is CB1C(=O)B(C)C(C)C(C)C(C)C(C)C1C. The monoisotopic (exact) mass is 220 g/mol. The summed E-state index contributed by atoms with van der Waals surface area (Å²) in [7, 11) is 0. The van der Waals surface area contributed by atoms with E-state index in [1.165, 1.54) is 0 Å². The van der Waals surface area contributed by atoms with E-state index in [4.69, 9.17) is 0 Å². The largest absolute Gasteiger partial charge is 0.322 e. The molecule has 0 aromatic rings. The standard InChI is InChI=1S/C13H26B2O/c1-8-9(2)11(4)14(6)13(16)15(7)12(5)10(8)3/h8-12H,1-7H3. The highest BCUT2D eigenvalue weighted by Gasteiger charge is 2.42. The Hall–Kier alpha value is -0.200. The molecule has 0 N–H and O–H groups in total. The van der Waals surface area contributed by atoms with Gasteiger partial charge >= 0.3 is 0 Å². The molecule has 0 aliphatic carbocycles. The van der Waals surface area contributed by atoms with Gasteiger partial charge in [-0.25, -0.2) is 0 Å². The first kappa shape index (κ1) is 13.9. The van der Waals surface area contributed by atoms with Gasteiger partial charge in [-0.3, -0.25) is 0 Å². The van der Waals surface area contributed by atoms with Crippen LogP contribution in [-0.2, 0) is 0 Å². The fourth-order valence-electron chi connectivity index (χ4n) is 3.28. The van der Waals surface area contributed by atoms with Crippen molar-refractivity contribution < 1.29 is 4.79 Å². The Morgan fingerprint density at radius 2 is 1.06 bits per heavy atom. The first-order valence-electron chi connectivity index (χ1n) is 6.82. The molecule has 1 aliphatic rings. The van der Waals surface area contributed by atoms with Crippen LogP contribution in [0.4, 0.5) is 4.79 Å². The quantitative estimate of drug-likeness (QED) is 0.558. The highest BCUT2D eigenvalue weighted by molar-refractivity contribution is 7.18. The van der Waals surface area contributed by atoms with E-state index in [9.17, 15) is 4.79 Å². The second kappa shape index (κ2) is 4.98. The second-order valence-electron chi connectivity index (χ2n) is 6.28. The predicted molar refractivity (Wildman–Crippen MR) is 75.0 cm³/mol. The summed E-state index contributed by atoms with van der Waals surface area (Å²) in [6, 6.07) is 0. The third-order valence-electron chi connectivity index (χ3n) is 5.79. The van der Waals surface area contributed by atoms with Gasteiger partial charge in [-0.05, 0) is 17.8 Å². The molecule has 1 heterocycles. The van der Waals surface area contributed by atoms with Gasteiger partial charge in [-0.2, -0.15) is 0 Å². The molecule has 1 saturated heterocycles. The van der Waals surface area contributed by atoms with E-state index in [0.29, 0.717) is 35.0 Å². The maximum atomic E-state index is 12.3. The van der Waals surface area contributed by atoms with Crippen molar-refractivity contribution in [1.82, 2.24) is 0 Å². The Morgan fingerprint density at radius 1 is 0.750 bits per heavy atom. The highest BCUT2D eigenvalue weighted by Crippen LogP contribution is 2.41. The van der Waals surface area contributed by atoms with Crippen LogP contribution in [0, 0.1) is 17.8 Å². The van der Waals surface area contributed by atoms with Crippen molar-refractivity contribution in [3.05, 3.63) is 0 Å². The molecule has 1 fully saturated rings. The Balaban J connectivity index is 3.03. The minimum atomic E-state index is 0.224. The topological polar surface area (TPSA) is 17.1 Å². The summed E-state index contributed by atoms with van der Waals surface area (Å²) in [5, 5.41) is 0. The average molecular weight is 220 g/mol. The van der Waals surface area contributed by atoms with E-state index < -0.39 is 0 Å². The molecule has 16 heavy (non-hydrogen) atoms. The van der Waals surface area contributed by atoms with Crippen molar-refractivity contribution in [2.75, 3.05) is 0 Å². The van der Waals surface area contributed by atoms with E-state index in [-0.39, 0.29) is 13.4 Å². The molecule has 4 unspecified atom stereocenters. The molecule has 4 atom stereocenters. The van der Waals surface area contributed by atoms with Crippen LogP contribution in [0.25, 0.3) is 0 Å². The zero-order valence-corrected chi connectivity index (χ0v) is 11.9. The summed E-state index contributed by atoms with van der Waals surface area (Å²) in [6.07, 6.45) is 0. The molecule has 0 saturated carbocycles. The van der Waals surface area contributed by atoms with E-state index in [1.807, 2.05) is 0 Å². The maximum absolute atomic E-state index is 12.3. The van der Waals surface area contributed by atoms with Crippen molar-refractivity contribution in [3.63, 3.8) is 0 Å². The molecular formula is C13H26B2O. The lowest BCUT2D eigenvalue weighted by molar-refractivity contribution is 0.251. The lowest BCUT2D eigenvalue weighted by atomic mass is 9.19. The van der Waals surface area contributed by atoms with Crippen molar-refractivity contribution in [2.45, 2.75) is 59.9 Å². The minimum absolute atomic E-state index is 0.224. The van der Waals surface area contributed by atoms with Crippen LogP contribution in [0.15, 0.2) is 0 Å². The summed E-state index contributed by atoms with van der Waals surface area (Å²) in [6.45, 7) is 16.2. The molecular weight excluding hydrogens is 194 g/mol. The van der Waals surface area contributed by atoms with Gasteiger partial charge in [0.05, 0.1) is 5.58 Å².